The van der Waals surface area contributed by atoms with Crippen LogP contribution in [0.3, 0.4) is 0 Å². The SMILES string of the molecule is CC(N)=O.CCOCC(=O)NCCOCCOCCOCCNC(=O)[C@@H]1CSCC(=O)N[C@@H](CCCCN)C(=O)N[C@H]2CSSC[C@H](NC(=O)[C@H](CC(=O)O)NC(=O)CNC(=O)[C@H](CCCN=C(N)N)NC2=O)C(=O)N[C@@H](Cc2ccccc2)C(=O)N1. The lowest BCUT2D eigenvalue weighted by Crippen LogP contribution is -2.60. The molecule has 2 bridgehead atoms. The fourth-order valence-corrected chi connectivity index (χ4v) is 10.8. The average Bonchev–Trinajstić information content (AvgIpc) is 3.72. The summed E-state index contributed by atoms with van der Waals surface area (Å²) in [7, 11) is 1.90. The Morgan fingerprint density at radius 2 is 1.17 bits per heavy atom. The van der Waals surface area contributed by atoms with Gasteiger partial charge in [-0.3, -0.25) is 62.5 Å². The Hall–Kier alpha value is -7.02. The zero-order chi connectivity index (χ0) is 64.4. The smallest absolute Gasteiger partial charge is 0.305 e. The molecule has 2 aliphatic heterocycles. The molecule has 0 radical (unpaired) electrons. The van der Waals surface area contributed by atoms with Crippen molar-refractivity contribution in [3.63, 3.8) is 0 Å². The van der Waals surface area contributed by atoms with E-state index in [0.717, 1.165) is 33.3 Å². The second kappa shape index (κ2) is 45.3. The number of nitrogens with one attached hydrogen (secondary N) is 10. The van der Waals surface area contributed by atoms with Gasteiger partial charge in [-0.2, -0.15) is 0 Å². The third-order valence-corrected chi connectivity index (χ3v) is 15.3. The van der Waals surface area contributed by atoms with Crippen LogP contribution in [0.15, 0.2) is 35.3 Å². The molecule has 35 heteroatoms. The average molecular weight is 1290 g/mol. The Labute approximate surface area is 516 Å². The van der Waals surface area contributed by atoms with E-state index in [2.05, 4.69) is 63.9 Å². The number of carboxylic acids is 1. The van der Waals surface area contributed by atoms with Crippen molar-refractivity contribution in [2.45, 2.75) is 101 Å². The van der Waals surface area contributed by atoms with Crippen LogP contribution in [0.4, 0.5) is 0 Å². The summed E-state index contributed by atoms with van der Waals surface area (Å²) in [6.45, 7) is 4.48. The number of guanidine groups is 1. The van der Waals surface area contributed by atoms with Gasteiger partial charge in [0, 0.05) is 56.8 Å². The van der Waals surface area contributed by atoms with Crippen molar-refractivity contribution in [1.29, 1.82) is 0 Å². The number of nitrogens with zero attached hydrogens (tertiary/aromatic N) is 1. The predicted octanol–water partition coefficient (Wildman–Crippen LogP) is -5.65. The quantitative estimate of drug-likeness (QED) is 0.0161. The van der Waals surface area contributed by atoms with Gasteiger partial charge >= 0.3 is 5.97 Å². The van der Waals surface area contributed by atoms with E-state index in [1.54, 1.807) is 37.3 Å². The first kappa shape index (κ1) is 76.1. The summed E-state index contributed by atoms with van der Waals surface area (Å²) in [5.41, 5.74) is 21.7. The molecule has 3 rings (SSSR count). The van der Waals surface area contributed by atoms with Crippen LogP contribution in [0, 0.1) is 0 Å². The molecule has 0 unspecified atom stereocenters. The number of fused-ring (bicyclic) bond motifs is 5. The van der Waals surface area contributed by atoms with Crippen molar-refractivity contribution in [2.75, 3.05) is 109 Å². The van der Waals surface area contributed by atoms with Gasteiger partial charge in [0.1, 0.15) is 48.9 Å². The summed E-state index contributed by atoms with van der Waals surface area (Å²) >= 11 is 0.942. The normalized spacial score (nSPS) is 21.3. The molecule has 0 aliphatic carbocycles. The maximum Gasteiger partial charge on any atom is 0.305 e. The number of hydrogen-bond acceptors (Lipinski definition) is 21. The molecule has 2 saturated heterocycles. The van der Waals surface area contributed by atoms with Gasteiger partial charge in [-0.15, -0.1) is 11.8 Å². The number of benzene rings is 1. The number of carboxylic acid groups (broad SMARTS) is 1. The van der Waals surface area contributed by atoms with E-state index < -0.39 is 114 Å². The molecule has 2 aliphatic rings. The molecule has 2 heterocycles. The van der Waals surface area contributed by atoms with Crippen molar-refractivity contribution < 1.29 is 81.6 Å². The molecule has 19 N–H and O–H groups in total. The Morgan fingerprint density at radius 1 is 0.632 bits per heavy atom. The molecule has 32 nitrogen and oxygen atoms in total. The molecule has 0 aromatic heterocycles. The standard InChI is InChI=1S/C50H80N14O16S3.C2H5NO/c1-2-77-26-40(66)54-15-17-78-19-21-80-22-20-79-18-16-55-44(71)36-27-81-30-41(67)58-33(11-6-7-13-51)45(72)63-37-28-82-83-29-38(49(76)61-34(46(73)62-36)23-31-9-4-3-5-10-31)64-47(74)35(24-42(68)69)59-39(65)25-57-43(70)32(60-48(37)75)12-8-14-56-50(52)53;1-2(3)4/h3-5,9-10,32-38H,2,6-8,11-30,51H2,1H3,(H,54,66)(H,55,71)(H,57,70)(H,58,67)(H,59,65)(H,60,75)(H,61,76)(H,62,73)(H,63,72)(H,64,74)(H,68,69)(H4,52,53,56);1H3,(H2,3,4)/t32-,33-,34-,35-,36-,37-,38-;/m0./s1. The summed E-state index contributed by atoms with van der Waals surface area (Å²) in [4.78, 5) is 163. The van der Waals surface area contributed by atoms with Crippen molar-refractivity contribution in [2.24, 2.45) is 27.9 Å². The topological polar surface area (TPSA) is 499 Å². The van der Waals surface area contributed by atoms with Gasteiger partial charge in [-0.25, -0.2) is 0 Å². The number of amides is 11. The summed E-state index contributed by atoms with van der Waals surface area (Å²) in [6.07, 6.45) is -0.102. The van der Waals surface area contributed by atoms with E-state index in [1.807, 2.05) is 0 Å². The largest absolute Gasteiger partial charge is 0.481 e. The van der Waals surface area contributed by atoms with Gasteiger partial charge in [0.15, 0.2) is 5.96 Å². The second-order valence-corrected chi connectivity index (χ2v) is 22.7. The van der Waals surface area contributed by atoms with Crippen molar-refractivity contribution in [3.8, 4) is 0 Å². The van der Waals surface area contributed by atoms with Crippen LogP contribution in [-0.4, -0.2) is 233 Å². The van der Waals surface area contributed by atoms with E-state index in [0.29, 0.717) is 31.6 Å². The lowest BCUT2D eigenvalue weighted by molar-refractivity contribution is -0.141. The lowest BCUT2D eigenvalue weighted by Gasteiger charge is -2.27. The number of hydrogen-bond donors (Lipinski definition) is 15. The van der Waals surface area contributed by atoms with Gasteiger partial charge in [0.2, 0.25) is 65.0 Å². The Balaban J connectivity index is 0.00000624. The molecule has 1 aromatic carbocycles. The number of thioether (sulfide) groups is 1. The minimum Gasteiger partial charge on any atom is -0.481 e. The number of primary amides is 1. The van der Waals surface area contributed by atoms with Crippen LogP contribution in [0.1, 0.15) is 57.9 Å². The molecular formula is C52H85N15O17S3. The van der Waals surface area contributed by atoms with Crippen LogP contribution >= 0.6 is 33.3 Å². The molecule has 2 fully saturated rings. The highest BCUT2D eigenvalue weighted by Gasteiger charge is 2.35. The number of ether oxygens (including phenoxy) is 4. The highest BCUT2D eigenvalue weighted by molar-refractivity contribution is 8.76. The summed E-state index contributed by atoms with van der Waals surface area (Å²) in [5, 5.41) is 35.7. The summed E-state index contributed by atoms with van der Waals surface area (Å²) in [5.74, 6) is -11.2. The predicted molar refractivity (Wildman–Crippen MR) is 324 cm³/mol. The first-order valence-corrected chi connectivity index (χ1v) is 31.6. The van der Waals surface area contributed by atoms with Crippen LogP contribution in [0.5, 0.6) is 0 Å². The second-order valence-electron chi connectivity index (χ2n) is 19.1. The number of rotatable bonds is 28. The van der Waals surface area contributed by atoms with Gasteiger partial charge in [-0.05, 0) is 51.1 Å². The number of carbonyl (C=O) groups excluding carboxylic acids is 11. The first-order valence-electron chi connectivity index (χ1n) is 28.0. The lowest BCUT2D eigenvalue weighted by atomic mass is 10.0. The first-order chi connectivity index (χ1) is 41.6. The van der Waals surface area contributed by atoms with Crippen LogP contribution in [-0.2, 0) is 82.9 Å². The van der Waals surface area contributed by atoms with E-state index in [-0.39, 0.29) is 132 Å². The minimum atomic E-state index is -1.79. The minimum absolute atomic E-state index is 0.0233. The number of nitrogens with two attached hydrogens (primary N) is 4. The van der Waals surface area contributed by atoms with E-state index in [4.69, 9.17) is 36.1 Å². The van der Waals surface area contributed by atoms with Gasteiger partial charge in [0.25, 0.3) is 0 Å². The molecule has 488 valence electrons. The Bertz CT molecular complexity index is 2400. The van der Waals surface area contributed by atoms with Crippen LogP contribution in [0.2, 0.25) is 0 Å². The summed E-state index contributed by atoms with van der Waals surface area (Å²) in [6, 6.07) is -1.60. The third-order valence-electron chi connectivity index (χ3n) is 11.8. The number of aliphatic imine (C=N–C) groups is 1. The fourth-order valence-electron chi connectivity index (χ4n) is 7.58. The van der Waals surface area contributed by atoms with E-state index in [9.17, 15) is 62.6 Å². The van der Waals surface area contributed by atoms with Gasteiger partial charge in [0.05, 0.1) is 58.4 Å². The molecule has 0 saturated carbocycles. The maximum absolute atomic E-state index is 14.5. The van der Waals surface area contributed by atoms with Gasteiger partial charge < -0.3 is 100 Å². The Kier molecular flexibility index (Phi) is 39.6. The number of carbonyl (C=O) groups is 12. The highest BCUT2D eigenvalue weighted by atomic mass is 33.1. The van der Waals surface area contributed by atoms with Crippen molar-refractivity contribution in [3.05, 3.63) is 35.9 Å². The molecule has 0 spiro atoms. The van der Waals surface area contributed by atoms with Crippen LogP contribution in [0.25, 0.3) is 0 Å². The van der Waals surface area contributed by atoms with Crippen molar-refractivity contribution in [1.82, 2.24) is 53.2 Å². The van der Waals surface area contributed by atoms with Crippen molar-refractivity contribution >= 4 is 110 Å². The zero-order valence-corrected chi connectivity index (χ0v) is 51.3. The van der Waals surface area contributed by atoms with E-state index >= 15 is 0 Å². The molecule has 1 aromatic rings. The maximum atomic E-state index is 14.5. The number of aliphatic carboxylic acids is 1. The zero-order valence-electron chi connectivity index (χ0n) is 48.9. The molecule has 87 heavy (non-hydrogen) atoms. The molecule has 7 atom stereocenters. The fraction of sp³-hybridized carbons (Fsp3) is 0.635. The third kappa shape index (κ3) is 35.4. The van der Waals surface area contributed by atoms with Gasteiger partial charge in [-0.1, -0.05) is 51.9 Å². The highest BCUT2D eigenvalue weighted by Crippen LogP contribution is 2.24. The monoisotopic (exact) mass is 1290 g/mol. The summed E-state index contributed by atoms with van der Waals surface area (Å²) < 4.78 is 21.6. The molecular weight excluding hydrogens is 1200 g/mol. The molecule has 11 amide bonds. The Morgan fingerprint density at radius 3 is 1.76 bits per heavy atom. The number of unbranched alkanes of at least 4 members (excludes halogenated alkanes) is 1. The van der Waals surface area contributed by atoms with E-state index in [1.165, 1.54) is 6.92 Å². The van der Waals surface area contributed by atoms with Crippen LogP contribution < -0.4 is 76.1 Å².